The molecule has 1 aliphatic rings. The van der Waals surface area contributed by atoms with Gasteiger partial charge in [0.2, 0.25) is 5.91 Å². The molecule has 18 heavy (non-hydrogen) atoms. The van der Waals surface area contributed by atoms with Gasteiger partial charge in [0, 0.05) is 5.54 Å². The molecule has 0 saturated heterocycles. The van der Waals surface area contributed by atoms with Gasteiger partial charge in [-0.3, -0.25) is 4.79 Å². The predicted molar refractivity (Wildman–Crippen MR) is 75.0 cm³/mol. The summed E-state index contributed by atoms with van der Waals surface area (Å²) in [6, 6.07) is 7.27. The van der Waals surface area contributed by atoms with Crippen molar-refractivity contribution < 1.29 is 4.79 Å². The van der Waals surface area contributed by atoms with Crippen molar-refractivity contribution in [3.8, 4) is 0 Å². The normalized spacial score (nSPS) is 17.0. The molecule has 0 aliphatic heterocycles. The second-order valence-electron chi connectivity index (χ2n) is 4.87. The Morgan fingerprint density at radius 2 is 2.11 bits per heavy atom. The molecule has 0 bridgehead atoms. The Bertz CT molecular complexity index is 424. The smallest absolute Gasteiger partial charge is 0.238 e. The van der Waals surface area contributed by atoms with Gasteiger partial charge in [-0.15, -0.1) is 0 Å². The third kappa shape index (κ3) is 3.03. The van der Waals surface area contributed by atoms with Gasteiger partial charge in [-0.2, -0.15) is 0 Å². The SMILES string of the molecule is CCC1(NCC(=O)Nc2ccccc2Cl)CCC1. The second-order valence-corrected chi connectivity index (χ2v) is 5.28. The Kier molecular flexibility index (Phi) is 4.25. The Hall–Kier alpha value is -1.06. The summed E-state index contributed by atoms with van der Waals surface area (Å²) in [5.41, 5.74) is 0.864. The van der Waals surface area contributed by atoms with Crippen LogP contribution >= 0.6 is 11.6 Å². The molecular weight excluding hydrogens is 248 g/mol. The van der Waals surface area contributed by atoms with Gasteiger partial charge < -0.3 is 10.6 Å². The molecule has 0 unspecified atom stereocenters. The monoisotopic (exact) mass is 266 g/mol. The Balaban J connectivity index is 1.84. The Morgan fingerprint density at radius 1 is 1.39 bits per heavy atom. The summed E-state index contributed by atoms with van der Waals surface area (Å²) in [6.07, 6.45) is 4.67. The predicted octanol–water partition coefficient (Wildman–Crippen LogP) is 3.20. The van der Waals surface area contributed by atoms with Crippen molar-refractivity contribution in [2.75, 3.05) is 11.9 Å². The number of rotatable bonds is 5. The van der Waals surface area contributed by atoms with Crippen LogP contribution in [0.25, 0.3) is 0 Å². The summed E-state index contributed by atoms with van der Waals surface area (Å²) < 4.78 is 0. The summed E-state index contributed by atoms with van der Waals surface area (Å²) in [4.78, 5) is 11.8. The number of hydrogen-bond acceptors (Lipinski definition) is 2. The zero-order valence-corrected chi connectivity index (χ0v) is 11.4. The van der Waals surface area contributed by atoms with Crippen LogP contribution in [0.3, 0.4) is 0 Å². The number of carbonyl (C=O) groups excluding carboxylic acids is 1. The number of carbonyl (C=O) groups is 1. The van der Waals surface area contributed by atoms with Crippen LogP contribution in [-0.4, -0.2) is 18.0 Å². The highest BCUT2D eigenvalue weighted by Crippen LogP contribution is 2.34. The molecule has 0 aromatic heterocycles. The van der Waals surface area contributed by atoms with Crippen molar-refractivity contribution in [2.24, 2.45) is 0 Å². The van der Waals surface area contributed by atoms with E-state index < -0.39 is 0 Å². The zero-order chi connectivity index (χ0) is 13.0. The molecule has 0 atom stereocenters. The van der Waals surface area contributed by atoms with Crippen LogP contribution in [0.15, 0.2) is 24.3 Å². The van der Waals surface area contributed by atoms with Crippen LogP contribution in [0, 0.1) is 0 Å². The highest BCUT2D eigenvalue weighted by Gasteiger charge is 2.34. The molecule has 0 radical (unpaired) electrons. The molecule has 1 aromatic rings. The van der Waals surface area contributed by atoms with Gasteiger partial charge in [0.25, 0.3) is 0 Å². The number of nitrogens with one attached hydrogen (secondary N) is 2. The lowest BCUT2D eigenvalue weighted by Crippen LogP contribution is -2.52. The number of hydrogen-bond donors (Lipinski definition) is 2. The average molecular weight is 267 g/mol. The highest BCUT2D eigenvalue weighted by atomic mass is 35.5. The molecule has 2 rings (SSSR count). The molecule has 0 spiro atoms. The van der Waals surface area contributed by atoms with E-state index in [1.807, 2.05) is 12.1 Å². The lowest BCUT2D eigenvalue weighted by molar-refractivity contribution is -0.116. The van der Waals surface area contributed by atoms with E-state index in [9.17, 15) is 4.79 Å². The second kappa shape index (κ2) is 5.72. The Morgan fingerprint density at radius 3 is 2.67 bits per heavy atom. The molecule has 1 aromatic carbocycles. The van der Waals surface area contributed by atoms with Gasteiger partial charge in [0.1, 0.15) is 0 Å². The number of benzene rings is 1. The fourth-order valence-corrected chi connectivity index (χ4v) is 2.47. The van der Waals surface area contributed by atoms with E-state index in [0.29, 0.717) is 17.3 Å². The standard InChI is InChI=1S/C14H19ClN2O/c1-2-14(8-5-9-14)16-10-13(18)17-12-7-4-3-6-11(12)15/h3-4,6-7,16H,2,5,8-10H2,1H3,(H,17,18). The van der Waals surface area contributed by atoms with Crippen molar-refractivity contribution in [2.45, 2.75) is 38.1 Å². The van der Waals surface area contributed by atoms with E-state index in [0.717, 1.165) is 6.42 Å². The third-order valence-corrected chi connectivity index (χ3v) is 4.09. The molecule has 1 aliphatic carbocycles. The van der Waals surface area contributed by atoms with E-state index in [1.54, 1.807) is 12.1 Å². The third-order valence-electron chi connectivity index (χ3n) is 3.76. The van der Waals surface area contributed by atoms with E-state index >= 15 is 0 Å². The molecule has 1 saturated carbocycles. The van der Waals surface area contributed by atoms with Crippen LogP contribution in [0.4, 0.5) is 5.69 Å². The maximum absolute atomic E-state index is 11.8. The van der Waals surface area contributed by atoms with E-state index in [2.05, 4.69) is 17.6 Å². The van der Waals surface area contributed by atoms with Crippen LogP contribution in [0.1, 0.15) is 32.6 Å². The van der Waals surface area contributed by atoms with Crippen LogP contribution in [-0.2, 0) is 4.79 Å². The Labute approximate surface area is 113 Å². The number of para-hydroxylation sites is 1. The first kappa shape index (κ1) is 13.4. The van der Waals surface area contributed by atoms with Crippen LogP contribution < -0.4 is 10.6 Å². The van der Waals surface area contributed by atoms with Crippen molar-refractivity contribution in [3.63, 3.8) is 0 Å². The summed E-state index contributed by atoms with van der Waals surface area (Å²) in [7, 11) is 0. The zero-order valence-electron chi connectivity index (χ0n) is 10.6. The molecular formula is C14H19ClN2O. The summed E-state index contributed by atoms with van der Waals surface area (Å²) >= 11 is 5.99. The lowest BCUT2D eigenvalue weighted by atomic mass is 9.75. The summed E-state index contributed by atoms with van der Waals surface area (Å²) in [6.45, 7) is 2.51. The molecule has 2 N–H and O–H groups in total. The first-order valence-corrected chi connectivity index (χ1v) is 6.82. The minimum absolute atomic E-state index is 0.0391. The highest BCUT2D eigenvalue weighted by molar-refractivity contribution is 6.33. The molecule has 1 fully saturated rings. The van der Waals surface area contributed by atoms with E-state index in [-0.39, 0.29) is 11.4 Å². The first-order valence-electron chi connectivity index (χ1n) is 6.45. The van der Waals surface area contributed by atoms with Crippen molar-refractivity contribution >= 4 is 23.2 Å². The maximum atomic E-state index is 11.8. The van der Waals surface area contributed by atoms with Crippen LogP contribution in [0.5, 0.6) is 0 Å². The lowest BCUT2D eigenvalue weighted by Gasteiger charge is -2.42. The van der Waals surface area contributed by atoms with Gasteiger partial charge >= 0.3 is 0 Å². The molecule has 98 valence electrons. The van der Waals surface area contributed by atoms with Gasteiger partial charge in [0.15, 0.2) is 0 Å². The van der Waals surface area contributed by atoms with Gasteiger partial charge in [-0.05, 0) is 37.8 Å². The fraction of sp³-hybridized carbons (Fsp3) is 0.500. The largest absolute Gasteiger partial charge is 0.324 e. The first-order chi connectivity index (χ1) is 8.65. The average Bonchev–Trinajstić information content (AvgIpc) is 2.31. The van der Waals surface area contributed by atoms with E-state index in [4.69, 9.17) is 11.6 Å². The summed E-state index contributed by atoms with van der Waals surface area (Å²) in [5, 5.41) is 6.76. The fourth-order valence-electron chi connectivity index (χ4n) is 2.28. The minimum atomic E-state index is -0.0391. The van der Waals surface area contributed by atoms with Gasteiger partial charge in [-0.25, -0.2) is 0 Å². The van der Waals surface area contributed by atoms with E-state index in [1.165, 1.54) is 19.3 Å². The number of halogens is 1. The molecule has 4 heteroatoms. The van der Waals surface area contributed by atoms with Gasteiger partial charge in [-0.1, -0.05) is 30.7 Å². The molecule has 1 amide bonds. The number of amides is 1. The topological polar surface area (TPSA) is 41.1 Å². The van der Waals surface area contributed by atoms with Gasteiger partial charge in [0.05, 0.1) is 17.3 Å². The molecule has 3 nitrogen and oxygen atoms in total. The minimum Gasteiger partial charge on any atom is -0.324 e. The van der Waals surface area contributed by atoms with Crippen LogP contribution in [0.2, 0.25) is 5.02 Å². The number of anilines is 1. The summed E-state index contributed by atoms with van der Waals surface area (Å²) in [5.74, 6) is -0.0391. The quantitative estimate of drug-likeness (QED) is 0.859. The van der Waals surface area contributed by atoms with Crippen molar-refractivity contribution in [1.82, 2.24) is 5.32 Å². The molecule has 0 heterocycles. The van der Waals surface area contributed by atoms with Crippen molar-refractivity contribution in [1.29, 1.82) is 0 Å². The van der Waals surface area contributed by atoms with Crippen molar-refractivity contribution in [3.05, 3.63) is 29.3 Å². The maximum Gasteiger partial charge on any atom is 0.238 e.